The highest BCUT2D eigenvalue weighted by Crippen LogP contribution is 2.33. The molecule has 0 unspecified atom stereocenters. The largest absolute Gasteiger partial charge is 0.396 e. The van der Waals surface area contributed by atoms with E-state index in [9.17, 15) is 0 Å². The average Bonchev–Trinajstić information content (AvgIpc) is 2.09. The molecule has 1 saturated carbocycles. The summed E-state index contributed by atoms with van der Waals surface area (Å²) in [5, 5.41) is 20.6. The predicted octanol–water partition coefficient (Wildman–Crippen LogP) is 0.0296. The van der Waals surface area contributed by atoms with E-state index in [1.54, 1.807) is 7.11 Å². The molecule has 1 fully saturated rings. The third-order valence-electron chi connectivity index (χ3n) is 2.50. The summed E-state index contributed by atoms with van der Waals surface area (Å²) >= 11 is 0. The molecule has 0 radical (unpaired) electrons. The molecule has 0 saturated heterocycles. The van der Waals surface area contributed by atoms with Crippen LogP contribution >= 0.6 is 0 Å². The van der Waals surface area contributed by atoms with Crippen LogP contribution in [-0.2, 0) is 4.74 Å². The van der Waals surface area contributed by atoms with Gasteiger partial charge in [0.05, 0.1) is 12.2 Å². The van der Waals surface area contributed by atoms with Crippen LogP contribution in [0.2, 0.25) is 0 Å². The zero-order valence-corrected chi connectivity index (χ0v) is 7.92. The first-order valence-corrected chi connectivity index (χ1v) is 4.56. The summed E-state index contributed by atoms with van der Waals surface area (Å²) in [6.07, 6.45) is 2.43. The van der Waals surface area contributed by atoms with Crippen LogP contribution in [0.4, 0.5) is 0 Å². The Morgan fingerprint density at radius 3 is 2.85 bits per heavy atom. The Morgan fingerprint density at radius 1 is 1.69 bits per heavy atom. The minimum Gasteiger partial charge on any atom is -0.396 e. The highest BCUT2D eigenvalue weighted by Gasteiger charge is 2.44. The second-order valence-corrected chi connectivity index (χ2v) is 3.46. The quantitative estimate of drug-likeness (QED) is 0.592. The minimum absolute atomic E-state index is 0.169. The van der Waals surface area contributed by atoms with E-state index in [0.717, 1.165) is 12.8 Å². The SMILES string of the molecule is COC1CC(C#N)(NCCCO)C1. The lowest BCUT2D eigenvalue weighted by Gasteiger charge is -2.42. The Kier molecular flexibility index (Phi) is 3.67. The van der Waals surface area contributed by atoms with E-state index >= 15 is 0 Å². The molecular weight excluding hydrogens is 168 g/mol. The number of nitrogens with zero attached hydrogens (tertiary/aromatic N) is 1. The molecule has 0 atom stereocenters. The van der Waals surface area contributed by atoms with Crippen LogP contribution in [0, 0.1) is 11.3 Å². The van der Waals surface area contributed by atoms with Gasteiger partial charge in [-0.3, -0.25) is 5.32 Å². The van der Waals surface area contributed by atoms with Crippen molar-refractivity contribution in [1.82, 2.24) is 5.32 Å². The van der Waals surface area contributed by atoms with Gasteiger partial charge < -0.3 is 9.84 Å². The zero-order valence-electron chi connectivity index (χ0n) is 7.92. The maximum absolute atomic E-state index is 8.92. The molecule has 0 aliphatic heterocycles. The lowest BCUT2D eigenvalue weighted by Crippen LogP contribution is -2.57. The molecule has 4 heteroatoms. The third kappa shape index (κ3) is 2.41. The summed E-state index contributed by atoms with van der Waals surface area (Å²) in [6, 6.07) is 2.27. The van der Waals surface area contributed by atoms with Crippen molar-refractivity contribution in [3.05, 3.63) is 0 Å². The molecule has 13 heavy (non-hydrogen) atoms. The molecule has 0 aromatic carbocycles. The Labute approximate surface area is 78.5 Å². The molecule has 0 amide bonds. The number of hydrogen-bond acceptors (Lipinski definition) is 4. The first-order chi connectivity index (χ1) is 6.26. The number of aliphatic hydroxyl groups is 1. The molecule has 2 N–H and O–H groups in total. The molecule has 0 aromatic heterocycles. The van der Waals surface area contributed by atoms with E-state index in [1.807, 2.05) is 0 Å². The number of aliphatic hydroxyl groups excluding tert-OH is 1. The smallest absolute Gasteiger partial charge is 0.111 e. The summed E-state index contributed by atoms with van der Waals surface area (Å²) < 4.78 is 5.11. The van der Waals surface area contributed by atoms with Crippen LogP contribution in [-0.4, -0.2) is 37.0 Å². The van der Waals surface area contributed by atoms with E-state index in [1.165, 1.54) is 0 Å². The van der Waals surface area contributed by atoms with Crippen LogP contribution in [0.1, 0.15) is 19.3 Å². The Hall–Kier alpha value is -0.630. The van der Waals surface area contributed by atoms with Crippen LogP contribution < -0.4 is 5.32 Å². The van der Waals surface area contributed by atoms with Crippen LogP contribution in [0.15, 0.2) is 0 Å². The van der Waals surface area contributed by atoms with Crippen molar-refractivity contribution < 1.29 is 9.84 Å². The monoisotopic (exact) mass is 184 g/mol. The van der Waals surface area contributed by atoms with E-state index in [-0.39, 0.29) is 12.7 Å². The highest BCUT2D eigenvalue weighted by atomic mass is 16.5. The van der Waals surface area contributed by atoms with E-state index in [4.69, 9.17) is 15.1 Å². The van der Waals surface area contributed by atoms with Gasteiger partial charge in [-0.25, -0.2) is 0 Å². The summed E-state index contributed by atoms with van der Waals surface area (Å²) in [4.78, 5) is 0. The number of nitriles is 1. The van der Waals surface area contributed by atoms with Crippen molar-refractivity contribution in [2.45, 2.75) is 30.9 Å². The van der Waals surface area contributed by atoms with E-state index in [0.29, 0.717) is 13.0 Å². The number of nitrogens with one attached hydrogen (secondary N) is 1. The van der Waals surface area contributed by atoms with Gasteiger partial charge in [0.15, 0.2) is 0 Å². The maximum Gasteiger partial charge on any atom is 0.111 e. The van der Waals surface area contributed by atoms with Gasteiger partial charge >= 0.3 is 0 Å². The van der Waals surface area contributed by atoms with Crippen molar-refractivity contribution >= 4 is 0 Å². The summed E-state index contributed by atoms with van der Waals surface area (Å²) in [5.41, 5.74) is -0.393. The van der Waals surface area contributed by atoms with Crippen molar-refractivity contribution in [3.63, 3.8) is 0 Å². The van der Waals surface area contributed by atoms with Gasteiger partial charge in [0.1, 0.15) is 5.54 Å². The molecule has 1 aliphatic rings. The number of hydrogen-bond donors (Lipinski definition) is 2. The summed E-state index contributed by atoms with van der Waals surface area (Å²) in [6.45, 7) is 0.864. The second-order valence-electron chi connectivity index (χ2n) is 3.46. The lowest BCUT2D eigenvalue weighted by atomic mass is 9.75. The third-order valence-corrected chi connectivity index (χ3v) is 2.50. The Morgan fingerprint density at radius 2 is 2.38 bits per heavy atom. The molecule has 0 heterocycles. The first-order valence-electron chi connectivity index (χ1n) is 4.56. The molecule has 4 nitrogen and oxygen atoms in total. The normalized spacial score (nSPS) is 32.2. The lowest BCUT2D eigenvalue weighted by molar-refractivity contribution is -0.00781. The van der Waals surface area contributed by atoms with Gasteiger partial charge in [0, 0.05) is 26.6 Å². The fourth-order valence-electron chi connectivity index (χ4n) is 1.57. The standard InChI is InChI=1S/C9H16N2O2/c1-13-8-5-9(6-8,7-10)11-3-2-4-12/h8,11-12H,2-6H2,1H3. The molecule has 0 aromatic rings. The fourth-order valence-corrected chi connectivity index (χ4v) is 1.57. The van der Waals surface area contributed by atoms with Gasteiger partial charge in [0.25, 0.3) is 0 Å². The van der Waals surface area contributed by atoms with E-state index in [2.05, 4.69) is 11.4 Å². The predicted molar refractivity (Wildman–Crippen MR) is 48.1 cm³/mol. The van der Waals surface area contributed by atoms with Crippen molar-refractivity contribution in [3.8, 4) is 6.07 Å². The fraction of sp³-hybridized carbons (Fsp3) is 0.889. The van der Waals surface area contributed by atoms with E-state index < -0.39 is 5.54 Å². The van der Waals surface area contributed by atoms with Gasteiger partial charge in [0.2, 0.25) is 0 Å². The van der Waals surface area contributed by atoms with Crippen molar-refractivity contribution in [2.75, 3.05) is 20.3 Å². The minimum atomic E-state index is -0.393. The van der Waals surface area contributed by atoms with Gasteiger partial charge in [-0.2, -0.15) is 5.26 Å². The van der Waals surface area contributed by atoms with Crippen molar-refractivity contribution in [2.24, 2.45) is 0 Å². The summed E-state index contributed by atoms with van der Waals surface area (Å²) in [7, 11) is 1.67. The molecule has 0 spiro atoms. The number of rotatable bonds is 5. The second kappa shape index (κ2) is 4.56. The zero-order chi connectivity index (χ0) is 9.73. The van der Waals surface area contributed by atoms with Crippen molar-refractivity contribution in [1.29, 1.82) is 5.26 Å². The van der Waals surface area contributed by atoms with Crippen LogP contribution in [0.3, 0.4) is 0 Å². The van der Waals surface area contributed by atoms with Crippen LogP contribution in [0.5, 0.6) is 0 Å². The number of methoxy groups -OCH3 is 1. The first kappa shape index (κ1) is 10.5. The highest BCUT2D eigenvalue weighted by molar-refractivity contribution is 5.16. The Bertz CT molecular complexity index is 194. The average molecular weight is 184 g/mol. The number of ether oxygens (including phenoxy) is 1. The van der Waals surface area contributed by atoms with Gasteiger partial charge in [-0.1, -0.05) is 0 Å². The van der Waals surface area contributed by atoms with Crippen LogP contribution in [0.25, 0.3) is 0 Å². The van der Waals surface area contributed by atoms with Gasteiger partial charge in [-0.05, 0) is 13.0 Å². The topological polar surface area (TPSA) is 65.3 Å². The van der Waals surface area contributed by atoms with Gasteiger partial charge in [-0.15, -0.1) is 0 Å². The Balaban J connectivity index is 2.25. The molecule has 0 bridgehead atoms. The summed E-state index contributed by atoms with van der Waals surface area (Å²) in [5.74, 6) is 0. The molecule has 74 valence electrons. The maximum atomic E-state index is 8.92. The molecular formula is C9H16N2O2. The molecule has 1 aliphatic carbocycles. The molecule has 1 rings (SSSR count).